The molecule has 0 saturated carbocycles. The first-order valence-electron chi connectivity index (χ1n) is 6.80. The summed E-state index contributed by atoms with van der Waals surface area (Å²) in [5.41, 5.74) is 3.54. The van der Waals surface area contributed by atoms with E-state index in [2.05, 4.69) is 49.3 Å². The third-order valence-electron chi connectivity index (χ3n) is 3.62. The number of aromatic amines is 1. The molecule has 2 N–H and O–H groups in total. The molecule has 1 aromatic carbocycles. The maximum absolute atomic E-state index is 11.5. The molecule has 19 heavy (non-hydrogen) atoms. The van der Waals surface area contributed by atoms with Crippen molar-refractivity contribution in [2.75, 3.05) is 6.54 Å². The molecule has 2 aromatic rings. The number of hydrogen-bond donors (Lipinski definition) is 2. The molecule has 2 rings (SSSR count). The van der Waals surface area contributed by atoms with Gasteiger partial charge in [0.15, 0.2) is 0 Å². The molecule has 0 saturated heterocycles. The molecule has 0 radical (unpaired) electrons. The van der Waals surface area contributed by atoms with E-state index in [4.69, 9.17) is 0 Å². The molecule has 0 aliphatic carbocycles. The number of aromatic nitrogens is 1. The Labute approximate surface area is 114 Å². The van der Waals surface area contributed by atoms with Crippen molar-refractivity contribution in [2.45, 2.75) is 39.5 Å². The minimum atomic E-state index is -0.0888. The summed E-state index contributed by atoms with van der Waals surface area (Å²) in [4.78, 5) is 14.9. The molecule has 1 heterocycles. The van der Waals surface area contributed by atoms with Crippen LogP contribution in [-0.4, -0.2) is 17.4 Å². The SMILES string of the molecule is CCC(=O)NCC(C)(C)c1c(C)[nH]c2ccccc12. The van der Waals surface area contributed by atoms with E-state index in [9.17, 15) is 4.79 Å². The Bertz CT molecular complexity index is 596. The van der Waals surface area contributed by atoms with Crippen LogP contribution in [0, 0.1) is 6.92 Å². The minimum absolute atomic E-state index is 0.0888. The summed E-state index contributed by atoms with van der Waals surface area (Å²) in [6, 6.07) is 8.32. The van der Waals surface area contributed by atoms with Crippen molar-refractivity contribution >= 4 is 16.8 Å². The fourth-order valence-electron chi connectivity index (χ4n) is 2.68. The zero-order chi connectivity index (χ0) is 14.0. The Balaban J connectivity index is 2.36. The van der Waals surface area contributed by atoms with Crippen molar-refractivity contribution in [3.63, 3.8) is 0 Å². The monoisotopic (exact) mass is 258 g/mol. The van der Waals surface area contributed by atoms with Gasteiger partial charge in [-0.05, 0) is 18.6 Å². The van der Waals surface area contributed by atoms with Gasteiger partial charge in [0.1, 0.15) is 0 Å². The molecule has 102 valence electrons. The quantitative estimate of drug-likeness (QED) is 0.868. The number of fused-ring (bicyclic) bond motifs is 1. The Hall–Kier alpha value is -1.77. The van der Waals surface area contributed by atoms with E-state index >= 15 is 0 Å². The highest BCUT2D eigenvalue weighted by Gasteiger charge is 2.26. The van der Waals surface area contributed by atoms with Gasteiger partial charge in [-0.3, -0.25) is 4.79 Å². The predicted octanol–water partition coefficient (Wildman–Crippen LogP) is 3.28. The van der Waals surface area contributed by atoms with Gasteiger partial charge < -0.3 is 10.3 Å². The summed E-state index contributed by atoms with van der Waals surface area (Å²) >= 11 is 0. The van der Waals surface area contributed by atoms with Crippen LogP contribution in [0.15, 0.2) is 24.3 Å². The number of benzene rings is 1. The van der Waals surface area contributed by atoms with Crippen LogP contribution in [0.25, 0.3) is 10.9 Å². The van der Waals surface area contributed by atoms with Crippen LogP contribution in [0.4, 0.5) is 0 Å². The Morgan fingerprint density at radius 2 is 2.00 bits per heavy atom. The van der Waals surface area contributed by atoms with Gasteiger partial charge in [-0.2, -0.15) is 0 Å². The predicted molar refractivity (Wildman–Crippen MR) is 79.4 cm³/mol. The molecule has 0 atom stereocenters. The van der Waals surface area contributed by atoms with E-state index in [1.165, 1.54) is 16.6 Å². The summed E-state index contributed by atoms with van der Waals surface area (Å²) in [7, 11) is 0. The molecule has 3 nitrogen and oxygen atoms in total. The lowest BCUT2D eigenvalue weighted by Crippen LogP contribution is -2.36. The Morgan fingerprint density at radius 1 is 1.32 bits per heavy atom. The van der Waals surface area contributed by atoms with Crippen LogP contribution in [0.2, 0.25) is 0 Å². The van der Waals surface area contributed by atoms with Gasteiger partial charge in [0.2, 0.25) is 5.91 Å². The van der Waals surface area contributed by atoms with Gasteiger partial charge in [-0.25, -0.2) is 0 Å². The number of carbonyl (C=O) groups is 1. The third-order valence-corrected chi connectivity index (χ3v) is 3.62. The number of carbonyl (C=O) groups excluding carboxylic acids is 1. The van der Waals surface area contributed by atoms with Crippen molar-refractivity contribution in [2.24, 2.45) is 0 Å². The number of rotatable bonds is 4. The zero-order valence-electron chi connectivity index (χ0n) is 12.1. The number of para-hydroxylation sites is 1. The second kappa shape index (κ2) is 5.08. The lowest BCUT2D eigenvalue weighted by Gasteiger charge is -2.26. The lowest BCUT2D eigenvalue weighted by molar-refractivity contribution is -0.121. The zero-order valence-corrected chi connectivity index (χ0v) is 12.1. The van der Waals surface area contributed by atoms with E-state index in [1.807, 2.05) is 13.0 Å². The highest BCUT2D eigenvalue weighted by atomic mass is 16.1. The first kappa shape index (κ1) is 13.7. The summed E-state index contributed by atoms with van der Waals surface area (Å²) < 4.78 is 0. The molecule has 3 heteroatoms. The van der Waals surface area contributed by atoms with Crippen molar-refractivity contribution in [3.05, 3.63) is 35.5 Å². The molecule has 0 bridgehead atoms. The van der Waals surface area contributed by atoms with Gasteiger partial charge in [-0.15, -0.1) is 0 Å². The lowest BCUT2D eigenvalue weighted by atomic mass is 9.82. The van der Waals surface area contributed by atoms with E-state index in [-0.39, 0.29) is 11.3 Å². The smallest absolute Gasteiger partial charge is 0.219 e. The average Bonchev–Trinajstić information content (AvgIpc) is 2.72. The first-order chi connectivity index (χ1) is 8.95. The highest BCUT2D eigenvalue weighted by Crippen LogP contribution is 2.32. The average molecular weight is 258 g/mol. The Morgan fingerprint density at radius 3 is 2.68 bits per heavy atom. The summed E-state index contributed by atoms with van der Waals surface area (Å²) in [6.45, 7) is 8.97. The molecule has 0 aliphatic heterocycles. The first-order valence-corrected chi connectivity index (χ1v) is 6.80. The van der Waals surface area contributed by atoms with E-state index in [0.717, 1.165) is 5.52 Å². The number of aryl methyl sites for hydroxylation is 1. The van der Waals surface area contributed by atoms with Crippen molar-refractivity contribution in [1.29, 1.82) is 0 Å². The number of nitrogens with one attached hydrogen (secondary N) is 2. The maximum Gasteiger partial charge on any atom is 0.219 e. The van der Waals surface area contributed by atoms with E-state index in [1.54, 1.807) is 0 Å². The Kier molecular flexibility index (Phi) is 3.65. The van der Waals surface area contributed by atoms with Gasteiger partial charge >= 0.3 is 0 Å². The molecule has 1 amide bonds. The van der Waals surface area contributed by atoms with Gasteiger partial charge in [0.25, 0.3) is 0 Å². The molecule has 0 aliphatic rings. The molecule has 0 spiro atoms. The highest BCUT2D eigenvalue weighted by molar-refractivity contribution is 5.86. The van der Waals surface area contributed by atoms with Crippen LogP contribution >= 0.6 is 0 Å². The molecule has 0 fully saturated rings. The third kappa shape index (κ3) is 2.65. The standard InChI is InChI=1S/C16H22N2O/c1-5-14(19)17-10-16(3,4)15-11(2)18-13-9-7-6-8-12(13)15/h6-9,18H,5,10H2,1-4H3,(H,17,19). The fraction of sp³-hybridized carbons (Fsp3) is 0.438. The van der Waals surface area contributed by atoms with Crippen molar-refractivity contribution < 1.29 is 4.79 Å². The van der Waals surface area contributed by atoms with Crippen LogP contribution in [0.3, 0.4) is 0 Å². The summed E-state index contributed by atoms with van der Waals surface area (Å²) in [6.07, 6.45) is 0.531. The second-order valence-corrected chi connectivity index (χ2v) is 5.68. The molecular formula is C16H22N2O. The van der Waals surface area contributed by atoms with Crippen LogP contribution in [-0.2, 0) is 10.2 Å². The second-order valence-electron chi connectivity index (χ2n) is 5.68. The summed E-state index contributed by atoms with van der Waals surface area (Å²) in [5, 5.41) is 4.25. The maximum atomic E-state index is 11.5. The van der Waals surface area contributed by atoms with E-state index < -0.39 is 0 Å². The molecular weight excluding hydrogens is 236 g/mol. The van der Waals surface area contributed by atoms with E-state index in [0.29, 0.717) is 13.0 Å². The van der Waals surface area contributed by atoms with Gasteiger partial charge in [0.05, 0.1) is 0 Å². The topological polar surface area (TPSA) is 44.9 Å². The van der Waals surface area contributed by atoms with Crippen molar-refractivity contribution in [3.8, 4) is 0 Å². The largest absolute Gasteiger partial charge is 0.358 e. The minimum Gasteiger partial charge on any atom is -0.358 e. The van der Waals surface area contributed by atoms with Gasteiger partial charge in [0, 0.05) is 35.0 Å². The van der Waals surface area contributed by atoms with Crippen LogP contribution < -0.4 is 5.32 Å². The molecule has 1 aromatic heterocycles. The normalized spacial score (nSPS) is 11.8. The number of hydrogen-bond acceptors (Lipinski definition) is 1. The van der Waals surface area contributed by atoms with Crippen LogP contribution in [0.5, 0.6) is 0 Å². The van der Waals surface area contributed by atoms with Crippen LogP contribution in [0.1, 0.15) is 38.4 Å². The number of H-pyrrole nitrogens is 1. The van der Waals surface area contributed by atoms with Crippen molar-refractivity contribution in [1.82, 2.24) is 10.3 Å². The number of amides is 1. The van der Waals surface area contributed by atoms with Gasteiger partial charge in [-0.1, -0.05) is 39.0 Å². The summed E-state index contributed by atoms with van der Waals surface area (Å²) in [5.74, 6) is 0.102. The fourth-order valence-corrected chi connectivity index (χ4v) is 2.68. The molecule has 0 unspecified atom stereocenters.